The van der Waals surface area contributed by atoms with Crippen molar-refractivity contribution >= 4 is 43.0 Å². The molecule has 14 heteroatoms. The van der Waals surface area contributed by atoms with Crippen molar-refractivity contribution in [2.75, 3.05) is 11.4 Å². The number of carbonyl (C=O) groups is 3. The van der Waals surface area contributed by atoms with Crippen LogP contribution in [-0.4, -0.2) is 65.8 Å². The molecule has 3 amide bonds. The number of hydrogen-bond donors (Lipinski definition) is 6. The smallest absolute Gasteiger partial charge is 0.412 e. The molecule has 0 radical (unpaired) electrons. The molecule has 0 saturated heterocycles. The van der Waals surface area contributed by atoms with E-state index in [4.69, 9.17) is 9.16 Å². The average Bonchev–Trinajstić information content (AvgIpc) is 3.26. The number of nitrogens with one attached hydrogen (secondary N) is 4. The van der Waals surface area contributed by atoms with Gasteiger partial charge in [0, 0.05) is 55.2 Å². The molecule has 1 fully saturated rings. The van der Waals surface area contributed by atoms with E-state index in [1.54, 1.807) is 12.1 Å². The lowest BCUT2D eigenvalue weighted by molar-refractivity contribution is -0.121. The number of nitrogens with zero attached hydrogens (tertiary/aromatic N) is 1. The molecule has 358 valence electrons. The van der Waals surface area contributed by atoms with Gasteiger partial charge in [0.05, 0.1) is 17.3 Å². The third-order valence-corrected chi connectivity index (χ3v) is 17.4. The predicted molar refractivity (Wildman–Crippen MR) is 268 cm³/mol. The lowest BCUT2D eigenvalue weighted by Crippen LogP contribution is -2.47. The molecule has 1 saturated carbocycles. The number of alkyl carbamates (subject to hydrolysis) is 1. The Balaban J connectivity index is 1.03. The van der Waals surface area contributed by atoms with Crippen LogP contribution in [0.4, 0.5) is 15.3 Å². The molecule has 4 aromatic carbocycles. The van der Waals surface area contributed by atoms with E-state index in [1.165, 1.54) is 11.0 Å². The van der Waals surface area contributed by atoms with Crippen LogP contribution in [-0.2, 0) is 33.5 Å². The Morgan fingerprint density at radius 1 is 0.836 bits per heavy atom. The summed E-state index contributed by atoms with van der Waals surface area (Å²) in [5, 5.41) is 31.5. The predicted octanol–water partition coefficient (Wildman–Crippen LogP) is 10.7. The topological polar surface area (TPSA) is 182 Å². The van der Waals surface area contributed by atoms with Crippen molar-refractivity contribution in [1.29, 1.82) is 0 Å². The molecule has 5 aromatic rings. The van der Waals surface area contributed by atoms with Gasteiger partial charge >= 0.3 is 12.2 Å². The zero-order valence-corrected chi connectivity index (χ0v) is 41.3. The van der Waals surface area contributed by atoms with Crippen LogP contribution in [0.25, 0.3) is 22.0 Å². The van der Waals surface area contributed by atoms with Crippen LogP contribution in [0.3, 0.4) is 0 Å². The zero-order valence-electron chi connectivity index (χ0n) is 40.3. The van der Waals surface area contributed by atoms with Gasteiger partial charge in [0.1, 0.15) is 11.4 Å². The Labute approximate surface area is 395 Å². The number of aromatic amines is 1. The SMILES string of the molecule is CC(C)(C)OC(=O)N[C@H]1CC[C@H](N(C(=O)O)c2cc(CCCC(=O)NCc3ccc(CNC[C@H](O[Si](C)(C)C(C)(C)C)c4ccc(O)c5[nH]c(=O)ccc45)cc3)ccc2-c2ccccc2)CC1. The van der Waals surface area contributed by atoms with Crippen molar-refractivity contribution in [3.8, 4) is 16.9 Å². The van der Waals surface area contributed by atoms with Gasteiger partial charge in [-0.05, 0) is 123 Å². The van der Waals surface area contributed by atoms with Gasteiger partial charge in [-0.25, -0.2) is 9.59 Å². The molecule has 0 unspecified atom stereocenters. The molecule has 0 spiro atoms. The summed E-state index contributed by atoms with van der Waals surface area (Å²) in [6.45, 7) is 18.0. The maximum Gasteiger partial charge on any atom is 0.412 e. The van der Waals surface area contributed by atoms with Crippen molar-refractivity contribution in [2.45, 2.75) is 141 Å². The van der Waals surface area contributed by atoms with Gasteiger partial charge in [0.2, 0.25) is 11.5 Å². The highest BCUT2D eigenvalue weighted by Crippen LogP contribution is 2.41. The largest absolute Gasteiger partial charge is 0.506 e. The highest BCUT2D eigenvalue weighted by molar-refractivity contribution is 6.74. The summed E-state index contributed by atoms with van der Waals surface area (Å²) >= 11 is 0. The Morgan fingerprint density at radius 2 is 1.49 bits per heavy atom. The Bertz CT molecular complexity index is 2540. The minimum Gasteiger partial charge on any atom is -0.506 e. The van der Waals surface area contributed by atoms with Crippen LogP contribution in [0.5, 0.6) is 5.75 Å². The maximum absolute atomic E-state index is 13.1. The van der Waals surface area contributed by atoms with Crippen molar-refractivity contribution in [3.05, 3.63) is 130 Å². The summed E-state index contributed by atoms with van der Waals surface area (Å²) in [4.78, 5) is 54.9. The number of aromatic hydroxyl groups is 1. The first-order chi connectivity index (χ1) is 31.7. The lowest BCUT2D eigenvalue weighted by atomic mass is 9.89. The molecule has 1 aliphatic carbocycles. The van der Waals surface area contributed by atoms with E-state index in [2.05, 4.69) is 54.8 Å². The van der Waals surface area contributed by atoms with E-state index in [0.717, 1.165) is 38.8 Å². The fraction of sp³-hybridized carbons (Fsp3) is 0.434. The first-order valence-electron chi connectivity index (χ1n) is 23.5. The van der Waals surface area contributed by atoms with E-state index in [-0.39, 0.29) is 40.4 Å². The highest BCUT2D eigenvalue weighted by atomic mass is 28.4. The number of phenols is 1. The van der Waals surface area contributed by atoms with E-state index < -0.39 is 26.1 Å². The van der Waals surface area contributed by atoms with Crippen LogP contribution in [0.1, 0.15) is 108 Å². The molecule has 1 atom stereocenters. The lowest BCUT2D eigenvalue weighted by Gasteiger charge is -2.39. The number of amides is 3. The molecule has 6 N–H and O–H groups in total. The van der Waals surface area contributed by atoms with Crippen molar-refractivity contribution in [3.63, 3.8) is 0 Å². The number of pyridine rings is 1. The molecular formula is C53H69N5O8Si. The van der Waals surface area contributed by atoms with Gasteiger partial charge in [-0.3, -0.25) is 14.5 Å². The monoisotopic (exact) mass is 931 g/mol. The number of ether oxygens (including phenoxy) is 1. The Morgan fingerprint density at radius 3 is 2.13 bits per heavy atom. The van der Waals surface area contributed by atoms with Gasteiger partial charge in [-0.15, -0.1) is 0 Å². The second-order valence-corrected chi connectivity index (χ2v) is 25.0. The first-order valence-corrected chi connectivity index (χ1v) is 26.4. The molecule has 0 bridgehead atoms. The fourth-order valence-corrected chi connectivity index (χ4v) is 9.63. The number of benzene rings is 4. The number of aryl methyl sites for hydroxylation is 1. The minimum atomic E-state index is -2.23. The number of carboxylic acid groups (broad SMARTS) is 1. The summed E-state index contributed by atoms with van der Waals surface area (Å²) in [5.74, 6) is -0.0468. The van der Waals surface area contributed by atoms with E-state index in [9.17, 15) is 29.4 Å². The number of phenolic OH excluding ortho intramolecular Hbond substituents is 1. The maximum atomic E-state index is 13.1. The average molecular weight is 932 g/mol. The second-order valence-electron chi connectivity index (χ2n) is 20.3. The van der Waals surface area contributed by atoms with Gasteiger partial charge in [0.15, 0.2) is 8.32 Å². The molecular weight excluding hydrogens is 863 g/mol. The number of hydrogen-bond acceptors (Lipinski definition) is 8. The number of carbonyl (C=O) groups excluding carboxylic acids is 2. The zero-order chi connectivity index (χ0) is 48.5. The van der Waals surface area contributed by atoms with E-state index in [1.807, 2.05) is 99.6 Å². The molecule has 1 heterocycles. The number of rotatable bonds is 17. The summed E-state index contributed by atoms with van der Waals surface area (Å²) in [7, 11) is -2.23. The van der Waals surface area contributed by atoms with Crippen LogP contribution in [0, 0.1) is 0 Å². The van der Waals surface area contributed by atoms with E-state index >= 15 is 0 Å². The van der Waals surface area contributed by atoms with Gasteiger partial charge in [0.25, 0.3) is 0 Å². The molecule has 13 nitrogen and oxygen atoms in total. The summed E-state index contributed by atoms with van der Waals surface area (Å²) < 4.78 is 12.4. The number of anilines is 1. The van der Waals surface area contributed by atoms with E-state index in [0.29, 0.717) is 75.8 Å². The standard InChI is InChI=1S/C53H69N5O8Si/c1-52(2,3)65-50(62)56-39-22-24-40(25-23-39)58(51(63)64)44-31-35(21-26-41(44)38-14-10-9-11-15-38)13-12-16-47(60)55-33-37-19-17-36(18-20-37)32-54-34-46(66-67(7,8)53(4,5)6)42-27-29-45(59)49-43(42)28-30-48(61)57-49/h9-11,14-15,17-21,26-31,39-40,46,54,59H,12-13,16,22-25,32-34H2,1-8H3,(H,55,60)(H,56,62)(H,57,61)(H,63,64)/t39-,40-,46-/m0/s1. The summed E-state index contributed by atoms with van der Waals surface area (Å²) in [6.07, 6.45) is 2.13. The van der Waals surface area contributed by atoms with Crippen molar-refractivity contribution in [1.82, 2.24) is 20.9 Å². The molecule has 1 aromatic heterocycles. The summed E-state index contributed by atoms with van der Waals surface area (Å²) in [5.41, 5.74) is 5.75. The minimum absolute atomic E-state index is 0.0139. The molecule has 0 aliphatic heterocycles. The fourth-order valence-electron chi connectivity index (χ4n) is 8.35. The molecule has 6 rings (SSSR count). The van der Waals surface area contributed by atoms with Crippen LogP contribution < -0.4 is 26.4 Å². The van der Waals surface area contributed by atoms with Crippen molar-refractivity contribution < 1.29 is 33.8 Å². The number of fused-ring (bicyclic) bond motifs is 1. The Kier molecular flexibility index (Phi) is 16.4. The molecule has 67 heavy (non-hydrogen) atoms. The number of aromatic nitrogens is 1. The van der Waals surface area contributed by atoms with Crippen LogP contribution >= 0.6 is 0 Å². The third kappa shape index (κ3) is 13.8. The second kappa shape index (κ2) is 21.8. The van der Waals surface area contributed by atoms with Crippen molar-refractivity contribution in [2.24, 2.45) is 0 Å². The highest BCUT2D eigenvalue weighted by Gasteiger charge is 2.40. The van der Waals surface area contributed by atoms with Crippen LogP contribution in [0.15, 0.2) is 102 Å². The van der Waals surface area contributed by atoms with Crippen LogP contribution in [0.2, 0.25) is 18.1 Å². The molecule has 1 aliphatic rings. The summed E-state index contributed by atoms with van der Waals surface area (Å²) in [6, 6.07) is 30.2. The third-order valence-electron chi connectivity index (χ3n) is 12.9. The normalized spacial score (nSPS) is 16.0. The van der Waals surface area contributed by atoms with Gasteiger partial charge in [-0.1, -0.05) is 93.6 Å². The van der Waals surface area contributed by atoms with Gasteiger partial charge in [-0.2, -0.15) is 0 Å². The Hall–Kier alpha value is -5.96. The number of H-pyrrole nitrogens is 1. The quantitative estimate of drug-likeness (QED) is 0.0494. The van der Waals surface area contributed by atoms with Gasteiger partial charge < -0.3 is 40.3 Å². The first kappa shape index (κ1) is 50.4.